The summed E-state index contributed by atoms with van der Waals surface area (Å²) < 4.78 is 24.2. The molecule has 46 heavy (non-hydrogen) atoms. The number of cyclic esters (lactones) is 1. The SMILES string of the molecule is CC1=C(COC(=O)C(C)(C)C)C(=O)O[C@@H]([C@@H](C)[C@H]2CC[C@H]3[C@@H]4C[C@H]5O[C@]56[C@@H](OC(=O)C(C)(C)C)C=CC(=O)[C@]6(C)[C@H]4CC[C@]23C)C1. The van der Waals surface area contributed by atoms with Crippen molar-refractivity contribution >= 4 is 23.7 Å². The van der Waals surface area contributed by atoms with Crippen LogP contribution in [0.1, 0.15) is 108 Å². The van der Waals surface area contributed by atoms with E-state index in [2.05, 4.69) is 20.8 Å². The lowest BCUT2D eigenvalue weighted by molar-refractivity contribution is -0.173. The van der Waals surface area contributed by atoms with Crippen LogP contribution >= 0.6 is 0 Å². The van der Waals surface area contributed by atoms with E-state index < -0.39 is 27.9 Å². The number of epoxide rings is 1. The quantitative estimate of drug-likeness (QED) is 0.190. The molecule has 1 saturated heterocycles. The molecule has 8 heteroatoms. The molecule has 254 valence electrons. The van der Waals surface area contributed by atoms with Crippen molar-refractivity contribution in [1.82, 2.24) is 0 Å². The molecule has 2 heterocycles. The molecule has 11 atom stereocenters. The van der Waals surface area contributed by atoms with E-state index in [0.29, 0.717) is 29.7 Å². The Morgan fingerprint density at radius 3 is 2.30 bits per heavy atom. The number of hydrogen-bond donors (Lipinski definition) is 0. The first kappa shape index (κ1) is 33.4. The van der Waals surface area contributed by atoms with E-state index in [9.17, 15) is 19.2 Å². The second kappa shape index (κ2) is 10.8. The van der Waals surface area contributed by atoms with Gasteiger partial charge in [0.15, 0.2) is 11.9 Å². The van der Waals surface area contributed by atoms with Gasteiger partial charge in [-0.1, -0.05) is 19.4 Å². The fourth-order valence-corrected chi connectivity index (χ4v) is 10.4. The van der Waals surface area contributed by atoms with E-state index >= 15 is 0 Å². The normalized spacial score (nSPS) is 42.3. The van der Waals surface area contributed by atoms with Crippen LogP contribution in [0.3, 0.4) is 0 Å². The first-order valence-corrected chi connectivity index (χ1v) is 17.4. The standard InChI is InChI=1S/C38H54O8/c1-20-17-27(44-31(40)23(20)19-43-32(41)34(3,4)5)21(2)24-11-12-25-22-18-30-38(46-30)29(45-33(42)35(6,7)8)14-13-28(39)37(38,10)26(22)15-16-36(24,25)9/h13-14,21-22,24-27,29-30H,11-12,15-19H2,1-10H3/t21-,22-,24+,25-,26-,27+,29-,30+,36+,37-,38+/m0/s1. The van der Waals surface area contributed by atoms with Gasteiger partial charge in [-0.25, -0.2) is 4.79 Å². The Labute approximate surface area is 274 Å². The van der Waals surface area contributed by atoms with Gasteiger partial charge in [-0.05, 0) is 135 Å². The summed E-state index contributed by atoms with van der Waals surface area (Å²) in [5, 5.41) is 0. The monoisotopic (exact) mass is 638 g/mol. The van der Waals surface area contributed by atoms with Gasteiger partial charge in [-0.15, -0.1) is 0 Å². The summed E-state index contributed by atoms with van der Waals surface area (Å²) in [4.78, 5) is 52.3. The summed E-state index contributed by atoms with van der Waals surface area (Å²) in [5.41, 5.74) is -1.35. The van der Waals surface area contributed by atoms with Gasteiger partial charge < -0.3 is 18.9 Å². The molecule has 0 aromatic heterocycles. The molecule has 8 nitrogen and oxygen atoms in total. The average Bonchev–Trinajstić information content (AvgIpc) is 3.58. The summed E-state index contributed by atoms with van der Waals surface area (Å²) in [7, 11) is 0. The third kappa shape index (κ3) is 4.85. The molecule has 0 unspecified atom stereocenters. The highest BCUT2D eigenvalue weighted by atomic mass is 16.7. The number of hydrogen-bond acceptors (Lipinski definition) is 8. The Bertz CT molecular complexity index is 1390. The smallest absolute Gasteiger partial charge is 0.337 e. The van der Waals surface area contributed by atoms with Crippen LogP contribution in [0.5, 0.6) is 0 Å². The van der Waals surface area contributed by atoms with Crippen LogP contribution in [0.4, 0.5) is 0 Å². The van der Waals surface area contributed by atoms with Gasteiger partial charge in [-0.3, -0.25) is 14.4 Å². The lowest BCUT2D eigenvalue weighted by Gasteiger charge is -2.58. The Balaban J connectivity index is 1.18. The van der Waals surface area contributed by atoms with Gasteiger partial charge in [0.25, 0.3) is 0 Å². The van der Waals surface area contributed by atoms with Crippen LogP contribution in [0, 0.1) is 51.2 Å². The largest absolute Gasteiger partial charge is 0.460 e. The predicted octanol–water partition coefficient (Wildman–Crippen LogP) is 6.55. The van der Waals surface area contributed by atoms with Crippen molar-refractivity contribution in [1.29, 1.82) is 0 Å². The lowest BCUT2D eigenvalue weighted by atomic mass is 9.44. The third-order valence-corrected chi connectivity index (χ3v) is 13.2. The molecule has 2 aliphatic heterocycles. The van der Waals surface area contributed by atoms with Crippen molar-refractivity contribution in [3.05, 3.63) is 23.3 Å². The number of allylic oxidation sites excluding steroid dienone is 1. The van der Waals surface area contributed by atoms with Gasteiger partial charge in [0.05, 0.1) is 27.9 Å². The summed E-state index contributed by atoms with van der Waals surface area (Å²) in [6.45, 7) is 19.6. The molecule has 6 rings (SSSR count). The zero-order chi connectivity index (χ0) is 33.8. The fourth-order valence-electron chi connectivity index (χ4n) is 10.4. The van der Waals surface area contributed by atoms with E-state index in [4.69, 9.17) is 18.9 Å². The average molecular weight is 639 g/mol. The molecule has 1 spiro atoms. The number of carbonyl (C=O) groups is 4. The van der Waals surface area contributed by atoms with Crippen LogP contribution in [-0.4, -0.2) is 54.2 Å². The Kier molecular flexibility index (Phi) is 7.82. The second-order valence-corrected chi connectivity index (χ2v) is 17.8. The molecule has 0 radical (unpaired) electrons. The first-order valence-electron chi connectivity index (χ1n) is 17.4. The summed E-state index contributed by atoms with van der Waals surface area (Å²) >= 11 is 0. The Hall–Kier alpha value is -2.48. The minimum Gasteiger partial charge on any atom is -0.460 e. The molecule has 0 aromatic rings. The van der Waals surface area contributed by atoms with Crippen molar-refractivity contribution in [2.75, 3.05) is 6.61 Å². The first-order chi connectivity index (χ1) is 21.3. The molecule has 4 fully saturated rings. The lowest BCUT2D eigenvalue weighted by Crippen LogP contribution is -2.64. The van der Waals surface area contributed by atoms with Crippen LogP contribution < -0.4 is 0 Å². The maximum atomic E-state index is 13.8. The highest BCUT2D eigenvalue weighted by Gasteiger charge is 2.81. The fraction of sp³-hybridized carbons (Fsp3) is 0.789. The van der Waals surface area contributed by atoms with Gasteiger partial charge in [0, 0.05) is 6.42 Å². The van der Waals surface area contributed by atoms with E-state index in [1.807, 2.05) is 27.7 Å². The number of rotatable bonds is 5. The maximum absolute atomic E-state index is 13.8. The van der Waals surface area contributed by atoms with Gasteiger partial charge in [0.1, 0.15) is 18.3 Å². The highest BCUT2D eigenvalue weighted by Crippen LogP contribution is 2.73. The molecule has 3 saturated carbocycles. The van der Waals surface area contributed by atoms with E-state index in [-0.39, 0.29) is 59.8 Å². The van der Waals surface area contributed by atoms with Crippen molar-refractivity contribution in [3.63, 3.8) is 0 Å². The Morgan fingerprint density at radius 1 is 1.00 bits per heavy atom. The van der Waals surface area contributed by atoms with Crippen LogP contribution in [0.25, 0.3) is 0 Å². The van der Waals surface area contributed by atoms with Gasteiger partial charge in [0.2, 0.25) is 0 Å². The molecule has 0 aromatic carbocycles. The topological polar surface area (TPSA) is 108 Å². The molecular formula is C38H54O8. The van der Waals surface area contributed by atoms with Crippen molar-refractivity contribution in [3.8, 4) is 0 Å². The number of esters is 3. The van der Waals surface area contributed by atoms with Crippen molar-refractivity contribution < 1.29 is 38.1 Å². The van der Waals surface area contributed by atoms with E-state index in [0.717, 1.165) is 37.7 Å². The number of ether oxygens (including phenoxy) is 4. The van der Waals surface area contributed by atoms with Crippen LogP contribution in [0.15, 0.2) is 23.3 Å². The predicted molar refractivity (Wildman–Crippen MR) is 171 cm³/mol. The van der Waals surface area contributed by atoms with E-state index in [1.165, 1.54) is 0 Å². The van der Waals surface area contributed by atoms with Gasteiger partial charge >= 0.3 is 17.9 Å². The minimum atomic E-state index is -0.779. The van der Waals surface area contributed by atoms with Gasteiger partial charge in [-0.2, -0.15) is 0 Å². The Morgan fingerprint density at radius 2 is 1.67 bits per heavy atom. The summed E-state index contributed by atoms with van der Waals surface area (Å²) in [6.07, 6.45) is 8.09. The third-order valence-electron chi connectivity index (χ3n) is 13.2. The highest BCUT2D eigenvalue weighted by molar-refractivity contribution is 5.98. The van der Waals surface area contributed by atoms with E-state index in [1.54, 1.807) is 32.9 Å². The second-order valence-electron chi connectivity index (χ2n) is 17.8. The zero-order valence-electron chi connectivity index (χ0n) is 29.5. The summed E-state index contributed by atoms with van der Waals surface area (Å²) in [6, 6.07) is 0. The molecule has 0 amide bonds. The zero-order valence-corrected chi connectivity index (χ0v) is 29.5. The van der Waals surface area contributed by atoms with Crippen molar-refractivity contribution in [2.45, 2.75) is 132 Å². The molecule has 6 aliphatic rings. The maximum Gasteiger partial charge on any atom is 0.337 e. The van der Waals surface area contributed by atoms with Crippen molar-refractivity contribution in [2.24, 2.45) is 51.2 Å². The molecule has 0 N–H and O–H groups in total. The molecule has 4 aliphatic carbocycles. The number of ketones is 1. The number of fused-ring (bicyclic) bond motifs is 4. The molecule has 0 bridgehead atoms. The number of carbonyl (C=O) groups excluding carboxylic acids is 4. The van der Waals surface area contributed by atoms with Crippen LogP contribution in [0.2, 0.25) is 0 Å². The van der Waals surface area contributed by atoms with Crippen LogP contribution in [-0.2, 0) is 38.1 Å². The minimum absolute atomic E-state index is 0.0537. The summed E-state index contributed by atoms with van der Waals surface area (Å²) in [5.74, 6) is 0.591. The molecular weight excluding hydrogens is 584 g/mol.